The zero-order valence-electron chi connectivity index (χ0n) is 11.7. The third-order valence-electron chi connectivity index (χ3n) is 3.27. The second-order valence-corrected chi connectivity index (χ2v) is 5.04. The van der Waals surface area contributed by atoms with Crippen LogP contribution in [0.25, 0.3) is 0 Å². The smallest absolute Gasteiger partial charge is 0.254 e. The number of amides is 1. The maximum Gasteiger partial charge on any atom is 0.254 e. The van der Waals surface area contributed by atoms with E-state index in [4.69, 9.17) is 4.74 Å². The molecule has 106 valence electrons. The summed E-state index contributed by atoms with van der Waals surface area (Å²) in [5, 5.41) is 12.5. The van der Waals surface area contributed by atoms with Crippen LogP contribution >= 0.6 is 0 Å². The summed E-state index contributed by atoms with van der Waals surface area (Å²) < 4.78 is 18.5. The molecule has 1 amide bonds. The molecule has 0 saturated heterocycles. The van der Waals surface area contributed by atoms with Gasteiger partial charge in [0.2, 0.25) is 0 Å². The average Bonchev–Trinajstić information content (AvgIpc) is 2.35. The molecule has 0 aliphatic carbocycles. The second-order valence-electron chi connectivity index (χ2n) is 5.04. The SMILES string of the molecule is COc1ccc(C(=O)NCC(C)(O)C(C)C)c(F)c1. The standard InChI is InChI=1S/C14H20FNO3/c1-9(2)14(3,18)8-16-13(17)11-6-5-10(19-4)7-12(11)15/h5-7,9,18H,8H2,1-4H3,(H,16,17). The van der Waals surface area contributed by atoms with Crippen molar-refractivity contribution in [3.8, 4) is 5.75 Å². The molecule has 1 rings (SSSR count). The van der Waals surface area contributed by atoms with Gasteiger partial charge in [-0.2, -0.15) is 0 Å². The zero-order valence-corrected chi connectivity index (χ0v) is 11.7. The molecule has 5 heteroatoms. The van der Waals surface area contributed by atoms with Crippen LogP contribution in [0.1, 0.15) is 31.1 Å². The minimum atomic E-state index is -1.03. The molecular weight excluding hydrogens is 249 g/mol. The van der Waals surface area contributed by atoms with Crippen LogP contribution in [0, 0.1) is 11.7 Å². The van der Waals surface area contributed by atoms with E-state index >= 15 is 0 Å². The minimum Gasteiger partial charge on any atom is -0.497 e. The maximum atomic E-state index is 13.7. The molecule has 0 aromatic heterocycles. The number of rotatable bonds is 5. The third kappa shape index (κ3) is 3.92. The molecule has 1 aromatic rings. The molecule has 1 atom stereocenters. The molecule has 0 heterocycles. The number of halogens is 1. The first kappa shape index (κ1) is 15.4. The van der Waals surface area contributed by atoms with Crippen LogP contribution in [0.4, 0.5) is 4.39 Å². The Balaban J connectivity index is 2.74. The van der Waals surface area contributed by atoms with E-state index in [0.29, 0.717) is 5.75 Å². The quantitative estimate of drug-likeness (QED) is 0.859. The number of carbonyl (C=O) groups excluding carboxylic acids is 1. The van der Waals surface area contributed by atoms with Crippen molar-refractivity contribution in [1.29, 1.82) is 0 Å². The van der Waals surface area contributed by atoms with E-state index in [-0.39, 0.29) is 18.0 Å². The number of ether oxygens (including phenoxy) is 1. The normalized spacial score (nSPS) is 14.1. The molecule has 0 radical (unpaired) electrons. The van der Waals surface area contributed by atoms with Crippen molar-refractivity contribution in [3.63, 3.8) is 0 Å². The van der Waals surface area contributed by atoms with E-state index in [9.17, 15) is 14.3 Å². The zero-order chi connectivity index (χ0) is 14.6. The van der Waals surface area contributed by atoms with Crippen LogP contribution in [0.2, 0.25) is 0 Å². The lowest BCUT2D eigenvalue weighted by molar-refractivity contribution is 0.0142. The lowest BCUT2D eigenvalue weighted by atomic mass is 9.92. The Morgan fingerprint density at radius 1 is 1.53 bits per heavy atom. The van der Waals surface area contributed by atoms with Crippen molar-refractivity contribution in [2.45, 2.75) is 26.4 Å². The molecule has 0 aliphatic heterocycles. The van der Waals surface area contributed by atoms with E-state index in [2.05, 4.69) is 5.32 Å². The Hall–Kier alpha value is -1.62. The fourth-order valence-electron chi connectivity index (χ4n) is 1.37. The van der Waals surface area contributed by atoms with Crippen molar-refractivity contribution in [3.05, 3.63) is 29.6 Å². The number of hydrogen-bond donors (Lipinski definition) is 2. The molecule has 4 nitrogen and oxygen atoms in total. The Morgan fingerprint density at radius 3 is 2.63 bits per heavy atom. The fraction of sp³-hybridized carbons (Fsp3) is 0.500. The van der Waals surface area contributed by atoms with Crippen LogP contribution < -0.4 is 10.1 Å². The molecule has 0 spiro atoms. The highest BCUT2D eigenvalue weighted by Crippen LogP contribution is 2.17. The van der Waals surface area contributed by atoms with Gasteiger partial charge in [0.15, 0.2) is 0 Å². The summed E-state index contributed by atoms with van der Waals surface area (Å²) in [6.45, 7) is 5.39. The second kappa shape index (κ2) is 6.02. The van der Waals surface area contributed by atoms with Crippen molar-refractivity contribution in [1.82, 2.24) is 5.32 Å². The minimum absolute atomic E-state index is 0.0199. The molecule has 0 saturated carbocycles. The number of methoxy groups -OCH3 is 1. The first-order valence-corrected chi connectivity index (χ1v) is 6.12. The van der Waals surface area contributed by atoms with E-state index in [1.54, 1.807) is 6.92 Å². The highest BCUT2D eigenvalue weighted by Gasteiger charge is 2.26. The highest BCUT2D eigenvalue weighted by atomic mass is 19.1. The predicted molar refractivity (Wildman–Crippen MR) is 70.7 cm³/mol. The number of benzene rings is 1. The summed E-state index contributed by atoms with van der Waals surface area (Å²) in [4.78, 5) is 11.8. The van der Waals surface area contributed by atoms with Gasteiger partial charge < -0.3 is 15.2 Å². The third-order valence-corrected chi connectivity index (χ3v) is 3.27. The lowest BCUT2D eigenvalue weighted by Gasteiger charge is -2.27. The Labute approximate surface area is 112 Å². The number of carbonyl (C=O) groups is 1. The molecule has 0 bridgehead atoms. The molecule has 1 aromatic carbocycles. The van der Waals surface area contributed by atoms with Gasteiger partial charge in [-0.05, 0) is 25.0 Å². The van der Waals surface area contributed by atoms with Crippen LogP contribution in [0.3, 0.4) is 0 Å². The summed E-state index contributed by atoms with van der Waals surface area (Å²) in [7, 11) is 1.42. The van der Waals surface area contributed by atoms with Crippen molar-refractivity contribution >= 4 is 5.91 Å². The Bertz CT molecular complexity index is 458. The number of hydrogen-bond acceptors (Lipinski definition) is 3. The van der Waals surface area contributed by atoms with Crippen LogP contribution in [0.15, 0.2) is 18.2 Å². The largest absolute Gasteiger partial charge is 0.497 e. The monoisotopic (exact) mass is 269 g/mol. The molecule has 0 aliphatic rings. The number of aliphatic hydroxyl groups is 1. The average molecular weight is 269 g/mol. The summed E-state index contributed by atoms with van der Waals surface area (Å²) >= 11 is 0. The van der Waals surface area contributed by atoms with E-state index < -0.39 is 17.3 Å². The topological polar surface area (TPSA) is 58.6 Å². The fourth-order valence-corrected chi connectivity index (χ4v) is 1.37. The van der Waals surface area contributed by atoms with Crippen LogP contribution in [-0.4, -0.2) is 30.3 Å². The van der Waals surface area contributed by atoms with Gasteiger partial charge in [0.1, 0.15) is 11.6 Å². The maximum absolute atomic E-state index is 13.7. The molecule has 0 fully saturated rings. The summed E-state index contributed by atoms with van der Waals surface area (Å²) in [5.74, 6) is -0.876. The van der Waals surface area contributed by atoms with Crippen molar-refractivity contribution < 1.29 is 19.0 Å². The van der Waals surface area contributed by atoms with Gasteiger partial charge in [-0.25, -0.2) is 4.39 Å². The van der Waals surface area contributed by atoms with Gasteiger partial charge in [0, 0.05) is 12.6 Å². The Morgan fingerprint density at radius 2 is 2.16 bits per heavy atom. The van der Waals surface area contributed by atoms with Gasteiger partial charge in [-0.15, -0.1) is 0 Å². The molecular formula is C14H20FNO3. The summed E-state index contributed by atoms with van der Waals surface area (Å²) in [6, 6.07) is 4.02. The van der Waals surface area contributed by atoms with Gasteiger partial charge >= 0.3 is 0 Å². The summed E-state index contributed by atoms with van der Waals surface area (Å²) in [6.07, 6.45) is 0. The van der Waals surface area contributed by atoms with Gasteiger partial charge in [0.05, 0.1) is 18.3 Å². The van der Waals surface area contributed by atoms with Gasteiger partial charge in [0.25, 0.3) is 5.91 Å². The van der Waals surface area contributed by atoms with Crippen LogP contribution in [-0.2, 0) is 0 Å². The summed E-state index contributed by atoms with van der Waals surface area (Å²) in [5.41, 5.74) is -1.10. The first-order valence-electron chi connectivity index (χ1n) is 6.12. The van der Waals surface area contributed by atoms with E-state index in [1.807, 2.05) is 13.8 Å². The van der Waals surface area contributed by atoms with Crippen molar-refractivity contribution in [2.75, 3.05) is 13.7 Å². The van der Waals surface area contributed by atoms with Gasteiger partial charge in [-0.3, -0.25) is 4.79 Å². The molecule has 1 unspecified atom stereocenters. The van der Waals surface area contributed by atoms with Gasteiger partial charge in [-0.1, -0.05) is 13.8 Å². The van der Waals surface area contributed by atoms with Crippen molar-refractivity contribution in [2.24, 2.45) is 5.92 Å². The molecule has 2 N–H and O–H groups in total. The highest BCUT2D eigenvalue weighted by molar-refractivity contribution is 5.94. The first-order chi connectivity index (χ1) is 8.77. The molecule has 19 heavy (non-hydrogen) atoms. The predicted octanol–water partition coefficient (Wildman–Crippen LogP) is 1.97. The van der Waals surface area contributed by atoms with E-state index in [1.165, 1.54) is 19.2 Å². The van der Waals surface area contributed by atoms with E-state index in [0.717, 1.165) is 6.07 Å². The Kier molecular flexibility index (Phi) is 4.89. The lowest BCUT2D eigenvalue weighted by Crippen LogP contribution is -2.44. The number of nitrogens with one attached hydrogen (secondary N) is 1. The van der Waals surface area contributed by atoms with Crippen LogP contribution in [0.5, 0.6) is 5.75 Å².